The van der Waals surface area contributed by atoms with Crippen LogP contribution in [0.5, 0.6) is 0 Å². The van der Waals surface area contributed by atoms with Gasteiger partial charge in [-0.2, -0.15) is 0 Å². The van der Waals surface area contributed by atoms with Gasteiger partial charge in [-0.1, -0.05) is 6.07 Å². The second-order valence-electron chi connectivity index (χ2n) is 2.54. The molecule has 0 bridgehead atoms. The smallest absolute Gasteiger partial charge is 0.194 e. The van der Waals surface area contributed by atoms with Crippen molar-refractivity contribution in [3.8, 4) is 0 Å². The zero-order chi connectivity index (χ0) is 10.0. The Morgan fingerprint density at radius 2 is 1.85 bits per heavy atom. The summed E-state index contributed by atoms with van der Waals surface area (Å²) in [6.07, 6.45) is -0.219. The highest BCUT2D eigenvalue weighted by molar-refractivity contribution is 5.79. The highest BCUT2D eigenvalue weighted by Crippen LogP contribution is 2.15. The Balaban J connectivity index is 3.10. The van der Waals surface area contributed by atoms with Gasteiger partial charge in [-0.25, -0.2) is 13.2 Å². The van der Waals surface area contributed by atoms with Gasteiger partial charge in [-0.3, -0.25) is 5.41 Å². The van der Waals surface area contributed by atoms with Crippen LogP contribution >= 0.6 is 0 Å². The Labute approximate surface area is 72.7 Å². The van der Waals surface area contributed by atoms with Gasteiger partial charge in [-0.05, 0) is 11.6 Å². The summed E-state index contributed by atoms with van der Waals surface area (Å²) in [6.45, 7) is 0. The van der Waals surface area contributed by atoms with Crippen LogP contribution in [0.15, 0.2) is 12.1 Å². The molecule has 70 valence electrons. The van der Waals surface area contributed by atoms with Gasteiger partial charge in [0, 0.05) is 6.42 Å². The van der Waals surface area contributed by atoms with E-state index in [1.807, 2.05) is 0 Å². The van der Waals surface area contributed by atoms with E-state index in [1.54, 1.807) is 0 Å². The molecule has 0 aliphatic carbocycles. The molecule has 0 fully saturated rings. The lowest BCUT2D eigenvalue weighted by Gasteiger charge is -2.02. The SMILES string of the molecule is N=C(N)Cc1ccc(F)c(F)c1F. The summed E-state index contributed by atoms with van der Waals surface area (Å²) in [5.41, 5.74) is 4.86. The van der Waals surface area contributed by atoms with E-state index in [2.05, 4.69) is 0 Å². The molecule has 0 aliphatic rings. The van der Waals surface area contributed by atoms with Crippen LogP contribution in [-0.2, 0) is 6.42 Å². The standard InChI is InChI=1S/C8H7F3N2/c9-5-2-1-4(3-6(12)13)7(10)8(5)11/h1-2H,3H2,(H3,12,13). The Morgan fingerprint density at radius 1 is 1.23 bits per heavy atom. The van der Waals surface area contributed by atoms with Crippen LogP contribution in [-0.4, -0.2) is 5.84 Å². The monoisotopic (exact) mass is 188 g/mol. The van der Waals surface area contributed by atoms with Crippen molar-refractivity contribution in [2.45, 2.75) is 6.42 Å². The first kappa shape index (κ1) is 9.57. The zero-order valence-corrected chi connectivity index (χ0v) is 6.57. The van der Waals surface area contributed by atoms with E-state index >= 15 is 0 Å². The van der Waals surface area contributed by atoms with Crippen LogP contribution in [0.3, 0.4) is 0 Å². The number of rotatable bonds is 2. The van der Waals surface area contributed by atoms with E-state index in [0.29, 0.717) is 0 Å². The first-order valence-electron chi connectivity index (χ1n) is 3.47. The third-order valence-electron chi connectivity index (χ3n) is 1.50. The second kappa shape index (κ2) is 3.47. The summed E-state index contributed by atoms with van der Waals surface area (Å²) in [6, 6.07) is 1.87. The molecule has 3 N–H and O–H groups in total. The maximum atomic E-state index is 12.9. The van der Waals surface area contributed by atoms with Gasteiger partial charge in [0.25, 0.3) is 0 Å². The van der Waals surface area contributed by atoms with Crippen molar-refractivity contribution in [1.82, 2.24) is 0 Å². The highest BCUT2D eigenvalue weighted by Gasteiger charge is 2.13. The van der Waals surface area contributed by atoms with Crippen molar-refractivity contribution in [2.75, 3.05) is 0 Å². The average Bonchev–Trinajstić information content (AvgIpc) is 2.06. The largest absolute Gasteiger partial charge is 0.387 e. The molecular weight excluding hydrogens is 181 g/mol. The van der Waals surface area contributed by atoms with E-state index < -0.39 is 17.5 Å². The van der Waals surface area contributed by atoms with Crippen LogP contribution in [0, 0.1) is 22.9 Å². The van der Waals surface area contributed by atoms with Crippen LogP contribution in [0.2, 0.25) is 0 Å². The minimum atomic E-state index is -1.53. The van der Waals surface area contributed by atoms with E-state index in [0.717, 1.165) is 12.1 Å². The molecule has 0 aromatic heterocycles. The van der Waals surface area contributed by atoms with E-state index in [4.69, 9.17) is 11.1 Å². The zero-order valence-electron chi connectivity index (χ0n) is 6.57. The summed E-state index contributed by atoms with van der Waals surface area (Å²) in [5, 5.41) is 6.85. The van der Waals surface area contributed by atoms with Crippen molar-refractivity contribution in [3.63, 3.8) is 0 Å². The molecular formula is C8H7F3N2. The number of nitrogens with one attached hydrogen (secondary N) is 1. The van der Waals surface area contributed by atoms with E-state index in [-0.39, 0.29) is 17.8 Å². The lowest BCUT2D eigenvalue weighted by Crippen LogP contribution is -2.14. The summed E-state index contributed by atoms with van der Waals surface area (Å²) < 4.78 is 37.8. The third-order valence-corrected chi connectivity index (χ3v) is 1.50. The van der Waals surface area contributed by atoms with Crippen molar-refractivity contribution in [1.29, 1.82) is 5.41 Å². The van der Waals surface area contributed by atoms with Gasteiger partial charge >= 0.3 is 0 Å². The minimum absolute atomic E-state index is 0.119. The molecule has 0 spiro atoms. The minimum Gasteiger partial charge on any atom is -0.387 e. The lowest BCUT2D eigenvalue weighted by molar-refractivity contribution is 0.442. The quantitative estimate of drug-likeness (QED) is 0.413. The summed E-state index contributed by atoms with van der Waals surface area (Å²) in [4.78, 5) is 0. The predicted octanol–water partition coefficient (Wildman–Crippen LogP) is 1.58. The Morgan fingerprint density at radius 3 is 2.38 bits per heavy atom. The van der Waals surface area contributed by atoms with Crippen molar-refractivity contribution in [2.24, 2.45) is 5.73 Å². The third kappa shape index (κ3) is 1.99. The second-order valence-corrected chi connectivity index (χ2v) is 2.54. The number of hydrogen-bond donors (Lipinski definition) is 2. The maximum Gasteiger partial charge on any atom is 0.194 e. The molecule has 0 amide bonds. The molecule has 0 aliphatic heterocycles. The number of amidine groups is 1. The Bertz CT molecular complexity index is 349. The van der Waals surface area contributed by atoms with Gasteiger partial charge in [0.15, 0.2) is 17.5 Å². The maximum absolute atomic E-state index is 12.9. The summed E-state index contributed by atoms with van der Waals surface area (Å²) in [5.74, 6) is -4.36. The van der Waals surface area contributed by atoms with Gasteiger partial charge in [0.2, 0.25) is 0 Å². The normalized spacial score (nSPS) is 10.1. The van der Waals surface area contributed by atoms with Gasteiger partial charge < -0.3 is 5.73 Å². The molecule has 0 saturated carbocycles. The van der Waals surface area contributed by atoms with Crippen LogP contribution in [0.4, 0.5) is 13.2 Å². The molecule has 13 heavy (non-hydrogen) atoms. The topological polar surface area (TPSA) is 49.9 Å². The average molecular weight is 188 g/mol. The molecule has 0 saturated heterocycles. The molecule has 0 atom stereocenters. The molecule has 0 heterocycles. The van der Waals surface area contributed by atoms with Crippen molar-refractivity contribution in [3.05, 3.63) is 35.1 Å². The fourth-order valence-electron chi connectivity index (χ4n) is 0.908. The summed E-state index contributed by atoms with van der Waals surface area (Å²) >= 11 is 0. The number of benzene rings is 1. The molecule has 1 aromatic carbocycles. The number of nitrogens with two attached hydrogens (primary N) is 1. The molecule has 2 nitrogen and oxygen atoms in total. The molecule has 0 radical (unpaired) electrons. The van der Waals surface area contributed by atoms with Crippen molar-refractivity contribution >= 4 is 5.84 Å². The fourth-order valence-corrected chi connectivity index (χ4v) is 0.908. The first-order valence-corrected chi connectivity index (χ1v) is 3.47. The molecule has 5 heteroatoms. The van der Waals surface area contributed by atoms with Gasteiger partial charge in [0.05, 0.1) is 5.84 Å². The highest BCUT2D eigenvalue weighted by atomic mass is 19.2. The van der Waals surface area contributed by atoms with Crippen LogP contribution < -0.4 is 5.73 Å². The number of hydrogen-bond acceptors (Lipinski definition) is 1. The Hall–Kier alpha value is -1.52. The fraction of sp³-hybridized carbons (Fsp3) is 0.125. The van der Waals surface area contributed by atoms with E-state index in [9.17, 15) is 13.2 Å². The number of halogens is 3. The summed E-state index contributed by atoms with van der Waals surface area (Å²) in [7, 11) is 0. The molecule has 0 unspecified atom stereocenters. The Kier molecular flexibility index (Phi) is 2.55. The van der Waals surface area contributed by atoms with E-state index in [1.165, 1.54) is 0 Å². The van der Waals surface area contributed by atoms with Gasteiger partial charge in [-0.15, -0.1) is 0 Å². The molecule has 1 rings (SSSR count). The molecule has 1 aromatic rings. The predicted molar refractivity (Wildman–Crippen MR) is 41.9 cm³/mol. The van der Waals surface area contributed by atoms with Crippen molar-refractivity contribution < 1.29 is 13.2 Å². The van der Waals surface area contributed by atoms with Crippen LogP contribution in [0.25, 0.3) is 0 Å². The van der Waals surface area contributed by atoms with Gasteiger partial charge in [0.1, 0.15) is 0 Å². The lowest BCUT2D eigenvalue weighted by atomic mass is 10.1. The van der Waals surface area contributed by atoms with Crippen LogP contribution in [0.1, 0.15) is 5.56 Å². The first-order chi connectivity index (χ1) is 6.02.